The van der Waals surface area contributed by atoms with Gasteiger partial charge < -0.3 is 11.1 Å². The van der Waals surface area contributed by atoms with Gasteiger partial charge in [0.25, 0.3) is 0 Å². The van der Waals surface area contributed by atoms with Crippen LogP contribution in [0, 0.1) is 0 Å². The molecule has 0 aliphatic carbocycles. The Labute approximate surface area is 101 Å². The molecule has 17 heavy (non-hydrogen) atoms. The summed E-state index contributed by atoms with van der Waals surface area (Å²) in [7, 11) is -2.97. The molecule has 0 saturated heterocycles. The van der Waals surface area contributed by atoms with E-state index in [0.717, 1.165) is 0 Å². The van der Waals surface area contributed by atoms with E-state index in [1.54, 1.807) is 18.2 Å². The monoisotopic (exact) mass is 256 g/mol. The van der Waals surface area contributed by atoms with E-state index in [9.17, 15) is 13.2 Å². The summed E-state index contributed by atoms with van der Waals surface area (Å²) in [5.74, 6) is -0.0355. The van der Waals surface area contributed by atoms with Crippen molar-refractivity contribution < 1.29 is 13.2 Å². The van der Waals surface area contributed by atoms with Gasteiger partial charge in [-0.15, -0.1) is 0 Å². The van der Waals surface area contributed by atoms with Gasteiger partial charge in [-0.1, -0.05) is 0 Å². The summed E-state index contributed by atoms with van der Waals surface area (Å²) in [6.45, 7) is 1.76. The van der Waals surface area contributed by atoms with Gasteiger partial charge >= 0.3 is 0 Å². The Morgan fingerprint density at radius 2 is 2.06 bits per heavy atom. The van der Waals surface area contributed by atoms with Crippen LogP contribution in [0.25, 0.3) is 0 Å². The molecule has 94 valence electrons. The van der Waals surface area contributed by atoms with Crippen LogP contribution in [-0.2, 0) is 9.84 Å². The zero-order valence-electron chi connectivity index (χ0n) is 9.86. The lowest BCUT2D eigenvalue weighted by Gasteiger charge is -2.08. The predicted octanol–water partition coefficient (Wildman–Crippen LogP) is 0.928. The number of hydrogen-bond donors (Lipinski definition) is 2. The Balaban J connectivity index is 2.68. The first-order valence-corrected chi connectivity index (χ1v) is 7.18. The van der Waals surface area contributed by atoms with E-state index in [4.69, 9.17) is 5.73 Å². The van der Waals surface area contributed by atoms with Crippen LogP contribution in [0.3, 0.4) is 0 Å². The molecule has 0 fully saturated rings. The topological polar surface area (TPSA) is 89.3 Å². The largest absolute Gasteiger partial charge is 0.398 e. The number of nitrogens with one attached hydrogen (secondary N) is 1. The van der Waals surface area contributed by atoms with Gasteiger partial charge in [-0.25, -0.2) is 8.42 Å². The fourth-order valence-electron chi connectivity index (χ4n) is 1.37. The van der Waals surface area contributed by atoms with Crippen LogP contribution >= 0.6 is 0 Å². The number of rotatable bonds is 5. The maximum absolute atomic E-state index is 11.1. The maximum atomic E-state index is 11.1. The van der Waals surface area contributed by atoms with Gasteiger partial charge in [0, 0.05) is 29.7 Å². The fraction of sp³-hybridized carbons (Fsp3) is 0.364. The molecule has 0 bridgehead atoms. The SMILES string of the molecule is CC(=O)c1ccc(NCCS(C)(=O)=O)cc1N. The van der Waals surface area contributed by atoms with Gasteiger partial charge in [0.05, 0.1) is 5.75 Å². The molecule has 0 aliphatic heterocycles. The number of carbonyl (C=O) groups is 1. The number of sulfone groups is 1. The molecule has 0 atom stereocenters. The zero-order chi connectivity index (χ0) is 13.1. The number of benzene rings is 1. The Bertz CT molecular complexity index is 524. The minimum absolute atomic E-state index is 0.0569. The highest BCUT2D eigenvalue weighted by atomic mass is 32.2. The number of ketones is 1. The smallest absolute Gasteiger partial charge is 0.161 e. The second kappa shape index (κ2) is 5.18. The lowest BCUT2D eigenvalue weighted by molar-refractivity contribution is 0.101. The molecule has 0 radical (unpaired) electrons. The van der Waals surface area contributed by atoms with Crippen LogP contribution in [0.15, 0.2) is 18.2 Å². The molecule has 0 saturated carbocycles. The standard InChI is InChI=1S/C11H16N2O3S/c1-8(14)10-4-3-9(7-11(10)12)13-5-6-17(2,15)16/h3-4,7,13H,5-6,12H2,1-2H3. The predicted molar refractivity (Wildman–Crippen MR) is 69.1 cm³/mol. The molecule has 3 N–H and O–H groups in total. The molecule has 0 unspecified atom stereocenters. The van der Waals surface area contributed by atoms with Gasteiger partial charge in [-0.2, -0.15) is 0 Å². The van der Waals surface area contributed by atoms with Crippen molar-refractivity contribution in [3.63, 3.8) is 0 Å². The van der Waals surface area contributed by atoms with E-state index < -0.39 is 9.84 Å². The molecule has 0 aliphatic rings. The molecule has 0 spiro atoms. The molecule has 0 heterocycles. The molecule has 5 nitrogen and oxygen atoms in total. The Kier molecular flexibility index (Phi) is 4.11. The van der Waals surface area contributed by atoms with Gasteiger partial charge in [-0.3, -0.25) is 4.79 Å². The Morgan fingerprint density at radius 3 is 2.53 bits per heavy atom. The minimum Gasteiger partial charge on any atom is -0.398 e. The third kappa shape index (κ3) is 4.44. The van der Waals surface area contributed by atoms with E-state index in [2.05, 4.69) is 5.32 Å². The van der Waals surface area contributed by atoms with E-state index in [0.29, 0.717) is 23.5 Å². The van der Waals surface area contributed by atoms with Crippen molar-refractivity contribution >= 4 is 27.0 Å². The van der Waals surface area contributed by atoms with E-state index in [1.165, 1.54) is 13.2 Å². The summed E-state index contributed by atoms with van der Waals surface area (Å²) in [5, 5.41) is 2.94. The Hall–Kier alpha value is -1.56. The van der Waals surface area contributed by atoms with E-state index in [1.807, 2.05) is 0 Å². The number of Topliss-reactive ketones (excluding diaryl/α,β-unsaturated/α-hetero) is 1. The van der Waals surface area contributed by atoms with Crippen LogP contribution in [-0.4, -0.2) is 32.8 Å². The highest BCUT2D eigenvalue weighted by Crippen LogP contribution is 2.18. The van der Waals surface area contributed by atoms with Crippen molar-refractivity contribution in [2.75, 3.05) is 29.6 Å². The van der Waals surface area contributed by atoms with E-state index >= 15 is 0 Å². The van der Waals surface area contributed by atoms with Crippen LogP contribution in [0.4, 0.5) is 11.4 Å². The van der Waals surface area contributed by atoms with Crippen molar-refractivity contribution in [1.82, 2.24) is 0 Å². The summed E-state index contributed by atoms with van der Waals surface area (Å²) in [6.07, 6.45) is 1.18. The van der Waals surface area contributed by atoms with Crippen molar-refractivity contribution in [1.29, 1.82) is 0 Å². The number of nitrogen functional groups attached to an aromatic ring is 1. The fourth-order valence-corrected chi connectivity index (χ4v) is 1.85. The molecule has 6 heteroatoms. The molecule has 1 aromatic rings. The van der Waals surface area contributed by atoms with Crippen molar-refractivity contribution in [3.8, 4) is 0 Å². The van der Waals surface area contributed by atoms with Gasteiger partial charge in [0.1, 0.15) is 9.84 Å². The van der Waals surface area contributed by atoms with Gasteiger partial charge in [0.15, 0.2) is 5.78 Å². The second-order valence-corrected chi connectivity index (χ2v) is 6.17. The first-order valence-electron chi connectivity index (χ1n) is 5.11. The molecule has 0 aromatic heterocycles. The molecule has 1 rings (SSSR count). The second-order valence-electron chi connectivity index (χ2n) is 3.91. The van der Waals surface area contributed by atoms with Crippen molar-refractivity contribution in [2.45, 2.75) is 6.92 Å². The zero-order valence-corrected chi connectivity index (χ0v) is 10.7. The van der Waals surface area contributed by atoms with Crippen LogP contribution in [0.5, 0.6) is 0 Å². The van der Waals surface area contributed by atoms with Crippen molar-refractivity contribution in [3.05, 3.63) is 23.8 Å². The summed E-state index contributed by atoms with van der Waals surface area (Å²) in [4.78, 5) is 11.1. The van der Waals surface area contributed by atoms with Gasteiger partial charge in [-0.05, 0) is 25.1 Å². The van der Waals surface area contributed by atoms with Crippen LogP contribution < -0.4 is 11.1 Å². The third-order valence-electron chi connectivity index (χ3n) is 2.23. The number of nitrogens with two attached hydrogens (primary N) is 1. The van der Waals surface area contributed by atoms with Crippen molar-refractivity contribution in [2.24, 2.45) is 0 Å². The normalized spacial score (nSPS) is 11.2. The highest BCUT2D eigenvalue weighted by Gasteiger charge is 2.06. The maximum Gasteiger partial charge on any atom is 0.161 e. The lowest BCUT2D eigenvalue weighted by atomic mass is 10.1. The summed E-state index contributed by atoms with van der Waals surface area (Å²) < 4.78 is 21.8. The molecule has 1 aromatic carbocycles. The van der Waals surface area contributed by atoms with Crippen LogP contribution in [0.1, 0.15) is 17.3 Å². The summed E-state index contributed by atoms with van der Waals surface area (Å²) >= 11 is 0. The van der Waals surface area contributed by atoms with Gasteiger partial charge in [0.2, 0.25) is 0 Å². The number of anilines is 2. The molecular weight excluding hydrogens is 240 g/mol. The minimum atomic E-state index is -2.97. The average Bonchev–Trinajstić information content (AvgIpc) is 2.15. The third-order valence-corrected chi connectivity index (χ3v) is 3.18. The summed E-state index contributed by atoms with van der Waals surface area (Å²) in [5.41, 5.74) is 7.27. The number of hydrogen-bond acceptors (Lipinski definition) is 5. The first-order chi connectivity index (χ1) is 7.79. The number of carbonyl (C=O) groups excluding carboxylic acids is 1. The lowest BCUT2D eigenvalue weighted by Crippen LogP contribution is -2.14. The van der Waals surface area contributed by atoms with Crippen LogP contribution in [0.2, 0.25) is 0 Å². The molecule has 0 amide bonds. The molecular formula is C11H16N2O3S. The Morgan fingerprint density at radius 1 is 1.41 bits per heavy atom. The summed E-state index contributed by atoms with van der Waals surface area (Å²) in [6, 6.07) is 4.95. The average molecular weight is 256 g/mol. The first kappa shape index (κ1) is 13.5. The quantitative estimate of drug-likeness (QED) is 0.604. The van der Waals surface area contributed by atoms with E-state index in [-0.39, 0.29) is 11.5 Å². The highest BCUT2D eigenvalue weighted by molar-refractivity contribution is 7.90.